The summed E-state index contributed by atoms with van der Waals surface area (Å²) in [6.07, 6.45) is 5.40. The lowest BCUT2D eigenvalue weighted by molar-refractivity contribution is 0.344. The van der Waals surface area contributed by atoms with Crippen LogP contribution in [0.4, 0.5) is 0 Å². The van der Waals surface area contributed by atoms with Crippen LogP contribution in [0, 0.1) is 0 Å². The minimum Gasteiger partial charge on any atom is -0.314 e. The standard InChI is InChI=1S/C17H27N/c1-4-18-17-7-5-6-16(12-17)15-10-8-14(9-11-15)13(2)3/h8-11,13,16-18H,4-7,12H2,1-3H3. The van der Waals surface area contributed by atoms with E-state index < -0.39 is 0 Å². The third-order valence-electron chi connectivity index (χ3n) is 4.24. The monoisotopic (exact) mass is 245 g/mol. The van der Waals surface area contributed by atoms with Crippen molar-refractivity contribution in [1.82, 2.24) is 5.32 Å². The highest BCUT2D eigenvalue weighted by Gasteiger charge is 2.22. The molecular weight excluding hydrogens is 218 g/mol. The molecule has 0 aromatic heterocycles. The molecule has 1 heteroatoms. The van der Waals surface area contributed by atoms with Crippen molar-refractivity contribution < 1.29 is 0 Å². The molecule has 1 aliphatic rings. The van der Waals surface area contributed by atoms with Crippen molar-refractivity contribution in [3.63, 3.8) is 0 Å². The Bertz CT molecular complexity index is 350. The molecule has 2 unspecified atom stereocenters. The second-order valence-corrected chi connectivity index (χ2v) is 5.94. The molecule has 0 radical (unpaired) electrons. The van der Waals surface area contributed by atoms with Gasteiger partial charge in [0.05, 0.1) is 0 Å². The number of benzene rings is 1. The Morgan fingerprint density at radius 3 is 2.50 bits per heavy atom. The zero-order chi connectivity index (χ0) is 13.0. The normalized spacial score (nSPS) is 24.4. The second kappa shape index (κ2) is 6.38. The molecule has 2 rings (SSSR count). The van der Waals surface area contributed by atoms with Crippen LogP contribution in [0.15, 0.2) is 24.3 Å². The lowest BCUT2D eigenvalue weighted by atomic mass is 9.81. The summed E-state index contributed by atoms with van der Waals surface area (Å²) in [5.41, 5.74) is 3.00. The molecule has 0 aliphatic heterocycles. The second-order valence-electron chi connectivity index (χ2n) is 5.94. The van der Waals surface area contributed by atoms with Gasteiger partial charge < -0.3 is 5.32 Å². The Morgan fingerprint density at radius 1 is 1.17 bits per heavy atom. The molecule has 0 saturated heterocycles. The summed E-state index contributed by atoms with van der Waals surface area (Å²) in [6.45, 7) is 7.83. The molecule has 1 aromatic rings. The molecule has 0 bridgehead atoms. The Hall–Kier alpha value is -0.820. The predicted molar refractivity (Wildman–Crippen MR) is 79.2 cm³/mol. The molecule has 0 amide bonds. The number of nitrogens with one attached hydrogen (secondary N) is 1. The van der Waals surface area contributed by atoms with E-state index in [1.54, 1.807) is 5.56 Å². The SMILES string of the molecule is CCNC1CCCC(c2ccc(C(C)C)cc2)C1. The van der Waals surface area contributed by atoms with E-state index in [1.807, 2.05) is 0 Å². The largest absolute Gasteiger partial charge is 0.314 e. The molecular formula is C17H27N. The van der Waals surface area contributed by atoms with Crippen LogP contribution in [0.5, 0.6) is 0 Å². The molecule has 1 saturated carbocycles. The highest BCUT2D eigenvalue weighted by molar-refractivity contribution is 5.27. The van der Waals surface area contributed by atoms with E-state index in [0.717, 1.165) is 18.5 Å². The summed E-state index contributed by atoms with van der Waals surface area (Å²) >= 11 is 0. The molecule has 1 N–H and O–H groups in total. The van der Waals surface area contributed by atoms with Gasteiger partial charge in [-0.15, -0.1) is 0 Å². The van der Waals surface area contributed by atoms with E-state index in [9.17, 15) is 0 Å². The number of rotatable bonds is 4. The van der Waals surface area contributed by atoms with Gasteiger partial charge in [-0.25, -0.2) is 0 Å². The van der Waals surface area contributed by atoms with Gasteiger partial charge in [-0.05, 0) is 48.8 Å². The van der Waals surface area contributed by atoms with Crippen LogP contribution in [0.25, 0.3) is 0 Å². The first-order chi connectivity index (χ1) is 8.70. The molecule has 0 heterocycles. The summed E-state index contributed by atoms with van der Waals surface area (Å²) in [7, 11) is 0. The summed E-state index contributed by atoms with van der Waals surface area (Å²) in [5.74, 6) is 1.41. The smallest absolute Gasteiger partial charge is 0.00727 e. The van der Waals surface area contributed by atoms with E-state index in [4.69, 9.17) is 0 Å². The lowest BCUT2D eigenvalue weighted by Gasteiger charge is -2.30. The number of hydrogen-bond acceptors (Lipinski definition) is 1. The van der Waals surface area contributed by atoms with Crippen molar-refractivity contribution in [2.45, 2.75) is 64.3 Å². The summed E-state index contributed by atoms with van der Waals surface area (Å²) in [4.78, 5) is 0. The third-order valence-corrected chi connectivity index (χ3v) is 4.24. The van der Waals surface area contributed by atoms with Gasteiger partial charge in [0.2, 0.25) is 0 Å². The zero-order valence-corrected chi connectivity index (χ0v) is 12.1. The van der Waals surface area contributed by atoms with E-state index in [1.165, 1.54) is 31.2 Å². The quantitative estimate of drug-likeness (QED) is 0.826. The predicted octanol–water partition coefficient (Wildman–Crippen LogP) is 4.45. The highest BCUT2D eigenvalue weighted by Crippen LogP contribution is 2.33. The third kappa shape index (κ3) is 3.35. The average molecular weight is 245 g/mol. The van der Waals surface area contributed by atoms with Gasteiger partial charge in [-0.3, -0.25) is 0 Å². The zero-order valence-electron chi connectivity index (χ0n) is 12.1. The fourth-order valence-corrected chi connectivity index (χ4v) is 3.12. The van der Waals surface area contributed by atoms with E-state index >= 15 is 0 Å². The van der Waals surface area contributed by atoms with Gasteiger partial charge in [0, 0.05) is 6.04 Å². The van der Waals surface area contributed by atoms with Crippen molar-refractivity contribution in [2.24, 2.45) is 0 Å². The van der Waals surface area contributed by atoms with E-state index in [0.29, 0.717) is 5.92 Å². The van der Waals surface area contributed by atoms with Gasteiger partial charge in [0.25, 0.3) is 0 Å². The molecule has 1 nitrogen and oxygen atoms in total. The molecule has 100 valence electrons. The molecule has 1 aliphatic carbocycles. The topological polar surface area (TPSA) is 12.0 Å². The van der Waals surface area contributed by atoms with Crippen molar-refractivity contribution in [3.8, 4) is 0 Å². The molecule has 2 atom stereocenters. The van der Waals surface area contributed by atoms with E-state index in [2.05, 4.69) is 50.4 Å². The van der Waals surface area contributed by atoms with Crippen molar-refractivity contribution in [1.29, 1.82) is 0 Å². The minimum absolute atomic E-state index is 0.639. The van der Waals surface area contributed by atoms with Gasteiger partial charge in [0.15, 0.2) is 0 Å². The molecule has 1 fully saturated rings. The fourth-order valence-electron chi connectivity index (χ4n) is 3.12. The lowest BCUT2D eigenvalue weighted by Crippen LogP contribution is -2.33. The van der Waals surface area contributed by atoms with Gasteiger partial charge in [0.1, 0.15) is 0 Å². The van der Waals surface area contributed by atoms with Crippen LogP contribution in [-0.4, -0.2) is 12.6 Å². The maximum absolute atomic E-state index is 3.61. The fraction of sp³-hybridized carbons (Fsp3) is 0.647. The van der Waals surface area contributed by atoms with Crippen LogP contribution in [0.2, 0.25) is 0 Å². The molecule has 1 aromatic carbocycles. The molecule has 18 heavy (non-hydrogen) atoms. The van der Waals surface area contributed by atoms with Crippen LogP contribution >= 0.6 is 0 Å². The average Bonchev–Trinajstić information content (AvgIpc) is 2.39. The Labute approximate surface area is 112 Å². The van der Waals surface area contributed by atoms with E-state index in [-0.39, 0.29) is 0 Å². The van der Waals surface area contributed by atoms with Crippen LogP contribution in [0.3, 0.4) is 0 Å². The van der Waals surface area contributed by atoms with Crippen molar-refractivity contribution >= 4 is 0 Å². The van der Waals surface area contributed by atoms with Crippen LogP contribution < -0.4 is 5.32 Å². The van der Waals surface area contributed by atoms with Gasteiger partial charge >= 0.3 is 0 Å². The van der Waals surface area contributed by atoms with Crippen LogP contribution in [0.1, 0.15) is 69.4 Å². The van der Waals surface area contributed by atoms with Crippen molar-refractivity contribution in [2.75, 3.05) is 6.54 Å². The maximum Gasteiger partial charge on any atom is 0.00727 e. The Balaban J connectivity index is 2.02. The van der Waals surface area contributed by atoms with Crippen molar-refractivity contribution in [3.05, 3.63) is 35.4 Å². The first-order valence-electron chi connectivity index (χ1n) is 7.54. The highest BCUT2D eigenvalue weighted by atomic mass is 14.9. The summed E-state index contributed by atoms with van der Waals surface area (Å²) in [5, 5.41) is 3.61. The Morgan fingerprint density at radius 2 is 1.89 bits per heavy atom. The minimum atomic E-state index is 0.639. The molecule has 0 spiro atoms. The summed E-state index contributed by atoms with van der Waals surface area (Å²) < 4.78 is 0. The first-order valence-corrected chi connectivity index (χ1v) is 7.54. The van der Waals surface area contributed by atoms with Gasteiger partial charge in [-0.1, -0.05) is 51.5 Å². The summed E-state index contributed by atoms with van der Waals surface area (Å²) in [6, 6.07) is 10.1. The van der Waals surface area contributed by atoms with Gasteiger partial charge in [-0.2, -0.15) is 0 Å². The van der Waals surface area contributed by atoms with Crippen LogP contribution in [-0.2, 0) is 0 Å². The Kier molecular flexibility index (Phi) is 4.82. The number of hydrogen-bond donors (Lipinski definition) is 1. The maximum atomic E-state index is 3.61. The first kappa shape index (κ1) is 13.6.